The maximum atomic E-state index is 5.39. The molecule has 0 fully saturated rings. The van der Waals surface area contributed by atoms with Crippen molar-refractivity contribution >= 4 is 6.01 Å². The first kappa shape index (κ1) is 11.6. The molecule has 0 saturated carbocycles. The molecule has 0 radical (unpaired) electrons. The second kappa shape index (κ2) is 5.45. The van der Waals surface area contributed by atoms with Gasteiger partial charge in [0, 0.05) is 6.04 Å². The van der Waals surface area contributed by atoms with Crippen LogP contribution in [0.25, 0.3) is 0 Å². The van der Waals surface area contributed by atoms with Gasteiger partial charge in [-0.2, -0.15) is 0 Å². The Balaban J connectivity index is 1.91. The largest absolute Gasteiger partial charge is 0.407 e. The Morgan fingerprint density at radius 2 is 2.06 bits per heavy atom. The topological polar surface area (TPSA) is 77.0 Å². The minimum atomic E-state index is 0.225. The van der Waals surface area contributed by atoms with Gasteiger partial charge in [0.05, 0.1) is 6.54 Å². The fraction of sp³-hybridized carbons (Fsp3) is 0.333. The van der Waals surface area contributed by atoms with E-state index in [2.05, 4.69) is 34.6 Å². The van der Waals surface area contributed by atoms with Crippen LogP contribution in [0.1, 0.15) is 18.4 Å². The summed E-state index contributed by atoms with van der Waals surface area (Å²) in [5, 5.41) is 10.8. The van der Waals surface area contributed by atoms with Crippen molar-refractivity contribution in [1.29, 1.82) is 0 Å². The third-order valence-electron chi connectivity index (χ3n) is 2.40. The summed E-state index contributed by atoms with van der Waals surface area (Å²) in [4.78, 5) is 0. The van der Waals surface area contributed by atoms with Crippen molar-refractivity contribution in [3.8, 4) is 0 Å². The van der Waals surface area contributed by atoms with Crippen LogP contribution in [0.5, 0.6) is 0 Å². The van der Waals surface area contributed by atoms with Crippen molar-refractivity contribution in [2.45, 2.75) is 25.9 Å². The molecule has 0 bridgehead atoms. The first-order valence-electron chi connectivity index (χ1n) is 5.61. The number of hydrogen-bond donors (Lipinski definition) is 2. The maximum absolute atomic E-state index is 5.39. The normalized spacial score (nSPS) is 12.4. The molecule has 5 heteroatoms. The molecule has 0 spiro atoms. The summed E-state index contributed by atoms with van der Waals surface area (Å²) in [6.07, 6.45) is 0.904. The van der Waals surface area contributed by atoms with E-state index in [1.807, 2.05) is 18.2 Å². The highest BCUT2D eigenvalue weighted by Crippen LogP contribution is 2.09. The van der Waals surface area contributed by atoms with Gasteiger partial charge in [-0.3, -0.25) is 0 Å². The second-order valence-corrected chi connectivity index (χ2v) is 3.94. The molecule has 0 aliphatic heterocycles. The molecule has 2 rings (SSSR count). The van der Waals surface area contributed by atoms with Gasteiger partial charge in [-0.1, -0.05) is 35.4 Å². The molecule has 1 atom stereocenters. The van der Waals surface area contributed by atoms with Gasteiger partial charge in [-0.25, -0.2) is 0 Å². The number of aromatic nitrogens is 2. The van der Waals surface area contributed by atoms with Gasteiger partial charge in [0.1, 0.15) is 0 Å². The van der Waals surface area contributed by atoms with Crippen molar-refractivity contribution in [2.75, 3.05) is 5.32 Å². The monoisotopic (exact) mass is 232 g/mol. The van der Waals surface area contributed by atoms with Crippen molar-refractivity contribution < 1.29 is 4.42 Å². The zero-order chi connectivity index (χ0) is 12.1. The van der Waals surface area contributed by atoms with E-state index in [1.54, 1.807) is 0 Å². The third kappa shape index (κ3) is 3.29. The molecule has 1 aromatic carbocycles. The molecule has 0 saturated heterocycles. The fourth-order valence-electron chi connectivity index (χ4n) is 1.62. The molecule has 17 heavy (non-hydrogen) atoms. The lowest BCUT2D eigenvalue weighted by Crippen LogP contribution is -2.18. The van der Waals surface area contributed by atoms with E-state index >= 15 is 0 Å². The number of nitrogens with two attached hydrogens (primary N) is 1. The molecular formula is C12H16N4O. The van der Waals surface area contributed by atoms with Crippen LogP contribution >= 0.6 is 0 Å². The average Bonchev–Trinajstić information content (AvgIpc) is 2.78. The number of nitrogens with zero attached hydrogens (tertiary/aromatic N) is 2. The van der Waals surface area contributed by atoms with Crippen molar-refractivity contribution in [1.82, 2.24) is 10.2 Å². The Kier molecular flexibility index (Phi) is 3.72. The standard InChI is InChI=1S/C12H16N4O/c1-9(7-10-5-3-2-4-6-10)14-12-16-15-11(8-13)17-12/h2-6,9H,7-8,13H2,1H3,(H,14,16). The number of hydrogen-bond acceptors (Lipinski definition) is 5. The quantitative estimate of drug-likeness (QED) is 0.818. The average molecular weight is 232 g/mol. The zero-order valence-electron chi connectivity index (χ0n) is 9.76. The third-order valence-corrected chi connectivity index (χ3v) is 2.40. The number of nitrogens with one attached hydrogen (secondary N) is 1. The summed E-state index contributed by atoms with van der Waals surface area (Å²) in [7, 11) is 0. The van der Waals surface area contributed by atoms with Crippen LogP contribution in [-0.2, 0) is 13.0 Å². The van der Waals surface area contributed by atoms with Gasteiger partial charge < -0.3 is 15.5 Å². The molecule has 1 heterocycles. The molecule has 3 N–H and O–H groups in total. The Bertz CT molecular complexity index is 455. The van der Waals surface area contributed by atoms with Crippen LogP contribution in [0.3, 0.4) is 0 Å². The SMILES string of the molecule is CC(Cc1ccccc1)Nc1nnc(CN)o1. The number of anilines is 1. The number of benzene rings is 1. The first-order chi connectivity index (χ1) is 8.28. The predicted octanol–water partition coefficient (Wildman–Crippen LogP) is 1.57. The second-order valence-electron chi connectivity index (χ2n) is 3.94. The van der Waals surface area contributed by atoms with E-state index in [-0.39, 0.29) is 12.6 Å². The summed E-state index contributed by atoms with van der Waals surface area (Å²) in [6, 6.07) is 10.9. The van der Waals surface area contributed by atoms with E-state index in [4.69, 9.17) is 10.2 Å². The van der Waals surface area contributed by atoms with Crippen molar-refractivity contribution in [2.24, 2.45) is 5.73 Å². The summed E-state index contributed by atoms with van der Waals surface area (Å²) >= 11 is 0. The molecular weight excluding hydrogens is 216 g/mol. The summed E-state index contributed by atoms with van der Waals surface area (Å²) in [5.74, 6) is 0.444. The Morgan fingerprint density at radius 3 is 2.71 bits per heavy atom. The van der Waals surface area contributed by atoms with E-state index < -0.39 is 0 Å². The van der Waals surface area contributed by atoms with E-state index in [9.17, 15) is 0 Å². The Morgan fingerprint density at radius 1 is 1.29 bits per heavy atom. The van der Waals surface area contributed by atoms with Gasteiger partial charge in [0.25, 0.3) is 0 Å². The van der Waals surface area contributed by atoms with E-state index in [1.165, 1.54) is 5.56 Å². The number of rotatable bonds is 5. The van der Waals surface area contributed by atoms with Gasteiger partial charge in [-0.15, -0.1) is 5.10 Å². The molecule has 90 valence electrons. The lowest BCUT2D eigenvalue weighted by Gasteiger charge is -2.11. The molecule has 0 aliphatic carbocycles. The highest BCUT2D eigenvalue weighted by molar-refractivity contribution is 5.22. The Hall–Kier alpha value is -1.88. The highest BCUT2D eigenvalue weighted by atomic mass is 16.4. The van der Waals surface area contributed by atoms with Crippen LogP contribution < -0.4 is 11.1 Å². The smallest absolute Gasteiger partial charge is 0.315 e. The minimum Gasteiger partial charge on any atom is -0.407 e. The van der Waals surface area contributed by atoms with Crippen LogP contribution in [0.15, 0.2) is 34.7 Å². The van der Waals surface area contributed by atoms with E-state index in [0.29, 0.717) is 11.9 Å². The van der Waals surface area contributed by atoms with Crippen LogP contribution in [0, 0.1) is 0 Å². The van der Waals surface area contributed by atoms with Gasteiger partial charge in [0.2, 0.25) is 5.89 Å². The lowest BCUT2D eigenvalue weighted by molar-refractivity contribution is 0.502. The van der Waals surface area contributed by atoms with Gasteiger partial charge in [0.15, 0.2) is 0 Å². The molecule has 5 nitrogen and oxygen atoms in total. The Labute approximate surface area is 100 Å². The minimum absolute atomic E-state index is 0.225. The molecule has 0 amide bonds. The molecule has 2 aromatic rings. The lowest BCUT2D eigenvalue weighted by atomic mass is 10.1. The van der Waals surface area contributed by atoms with Crippen LogP contribution in [-0.4, -0.2) is 16.2 Å². The highest BCUT2D eigenvalue weighted by Gasteiger charge is 2.08. The molecule has 0 aliphatic rings. The van der Waals surface area contributed by atoms with Crippen molar-refractivity contribution in [3.05, 3.63) is 41.8 Å². The first-order valence-corrected chi connectivity index (χ1v) is 5.61. The van der Waals surface area contributed by atoms with Gasteiger partial charge in [-0.05, 0) is 18.9 Å². The van der Waals surface area contributed by atoms with Crippen LogP contribution in [0.2, 0.25) is 0 Å². The predicted molar refractivity (Wildman–Crippen MR) is 65.4 cm³/mol. The fourth-order valence-corrected chi connectivity index (χ4v) is 1.62. The van der Waals surface area contributed by atoms with Crippen LogP contribution in [0.4, 0.5) is 6.01 Å². The molecule has 1 aromatic heterocycles. The summed E-state index contributed by atoms with van der Waals surface area (Å²) < 4.78 is 5.28. The summed E-state index contributed by atoms with van der Waals surface area (Å²) in [5.41, 5.74) is 6.66. The van der Waals surface area contributed by atoms with Crippen molar-refractivity contribution in [3.63, 3.8) is 0 Å². The summed E-state index contributed by atoms with van der Waals surface area (Å²) in [6.45, 7) is 2.33. The molecule has 1 unspecified atom stereocenters. The van der Waals surface area contributed by atoms with Gasteiger partial charge >= 0.3 is 6.01 Å². The maximum Gasteiger partial charge on any atom is 0.315 e. The van der Waals surface area contributed by atoms with E-state index in [0.717, 1.165) is 6.42 Å². The zero-order valence-corrected chi connectivity index (χ0v) is 9.76.